The van der Waals surface area contributed by atoms with Gasteiger partial charge in [-0.1, -0.05) is 0 Å². The number of ether oxygens (including phenoxy) is 1. The SMILES string of the molecule is COC(=O)[C@@H]1CN(C)[C@@]2(C1)C(=O)Nc1ccc([N+](=O)[O-])cc12. The molecule has 8 heteroatoms. The Morgan fingerprint density at radius 2 is 2.27 bits per heavy atom. The first-order chi connectivity index (χ1) is 10.4. The van der Waals surface area contributed by atoms with Crippen LogP contribution in [0.15, 0.2) is 18.2 Å². The van der Waals surface area contributed by atoms with E-state index in [-0.39, 0.29) is 24.0 Å². The van der Waals surface area contributed by atoms with Crippen LogP contribution < -0.4 is 5.32 Å². The Morgan fingerprint density at radius 3 is 2.91 bits per heavy atom. The number of amides is 1. The Balaban J connectivity index is 2.09. The third-order valence-corrected chi connectivity index (χ3v) is 4.51. The number of nitro benzene ring substituents is 1. The fraction of sp³-hybridized carbons (Fsp3) is 0.429. The van der Waals surface area contributed by atoms with Gasteiger partial charge >= 0.3 is 5.97 Å². The van der Waals surface area contributed by atoms with E-state index >= 15 is 0 Å². The van der Waals surface area contributed by atoms with Gasteiger partial charge in [-0.3, -0.25) is 24.6 Å². The fourth-order valence-electron chi connectivity index (χ4n) is 3.41. The van der Waals surface area contributed by atoms with Gasteiger partial charge in [-0.15, -0.1) is 0 Å². The van der Waals surface area contributed by atoms with E-state index in [1.807, 2.05) is 0 Å². The van der Waals surface area contributed by atoms with Crippen molar-refractivity contribution in [3.63, 3.8) is 0 Å². The lowest BCUT2D eigenvalue weighted by molar-refractivity contribution is -0.384. The topological polar surface area (TPSA) is 102 Å². The molecule has 2 heterocycles. The number of likely N-dealkylation sites (N-methyl/N-ethyl adjacent to an activating group) is 1. The van der Waals surface area contributed by atoms with Crippen LogP contribution in [0, 0.1) is 16.0 Å². The Bertz CT molecular complexity index is 689. The number of fused-ring (bicyclic) bond motifs is 2. The van der Waals surface area contributed by atoms with Crippen molar-refractivity contribution < 1.29 is 19.2 Å². The van der Waals surface area contributed by atoms with E-state index in [2.05, 4.69) is 5.32 Å². The molecule has 116 valence electrons. The quantitative estimate of drug-likeness (QED) is 0.494. The highest BCUT2D eigenvalue weighted by atomic mass is 16.6. The van der Waals surface area contributed by atoms with Crippen molar-refractivity contribution in [2.24, 2.45) is 5.92 Å². The zero-order chi connectivity index (χ0) is 16.1. The molecule has 1 aromatic carbocycles. The molecule has 0 radical (unpaired) electrons. The first-order valence-electron chi connectivity index (χ1n) is 6.79. The van der Waals surface area contributed by atoms with Crippen LogP contribution in [0.5, 0.6) is 0 Å². The van der Waals surface area contributed by atoms with Crippen LogP contribution in [0.25, 0.3) is 0 Å². The van der Waals surface area contributed by atoms with Crippen molar-refractivity contribution in [1.29, 1.82) is 0 Å². The number of nitrogens with one attached hydrogen (secondary N) is 1. The van der Waals surface area contributed by atoms with Gasteiger partial charge in [-0.05, 0) is 19.5 Å². The van der Waals surface area contributed by atoms with Crippen LogP contribution in [0.3, 0.4) is 0 Å². The molecule has 2 aliphatic heterocycles. The molecular weight excluding hydrogens is 290 g/mol. The average molecular weight is 305 g/mol. The van der Waals surface area contributed by atoms with Gasteiger partial charge < -0.3 is 10.1 Å². The number of methoxy groups -OCH3 is 1. The van der Waals surface area contributed by atoms with Crippen molar-refractivity contribution in [3.05, 3.63) is 33.9 Å². The molecule has 1 aromatic rings. The molecule has 22 heavy (non-hydrogen) atoms. The maximum absolute atomic E-state index is 12.5. The summed E-state index contributed by atoms with van der Waals surface area (Å²) in [6, 6.07) is 4.29. The summed E-state index contributed by atoms with van der Waals surface area (Å²) >= 11 is 0. The lowest BCUT2D eigenvalue weighted by Crippen LogP contribution is -2.44. The smallest absolute Gasteiger partial charge is 0.310 e. The summed E-state index contributed by atoms with van der Waals surface area (Å²) in [6.45, 7) is 0.363. The molecule has 0 unspecified atom stereocenters. The van der Waals surface area contributed by atoms with Gasteiger partial charge in [0.15, 0.2) is 0 Å². The third-order valence-electron chi connectivity index (χ3n) is 4.51. The van der Waals surface area contributed by atoms with Crippen molar-refractivity contribution in [2.75, 3.05) is 26.0 Å². The van der Waals surface area contributed by atoms with Crippen molar-refractivity contribution in [1.82, 2.24) is 4.90 Å². The van der Waals surface area contributed by atoms with E-state index in [1.165, 1.54) is 25.3 Å². The molecule has 8 nitrogen and oxygen atoms in total. The number of likely N-dealkylation sites (tertiary alicyclic amines) is 1. The Morgan fingerprint density at radius 1 is 1.55 bits per heavy atom. The molecule has 0 aromatic heterocycles. The zero-order valence-corrected chi connectivity index (χ0v) is 12.2. The minimum Gasteiger partial charge on any atom is -0.469 e. The maximum atomic E-state index is 12.5. The van der Waals surface area contributed by atoms with Crippen LogP contribution in [0.1, 0.15) is 12.0 Å². The zero-order valence-electron chi connectivity index (χ0n) is 12.2. The van der Waals surface area contributed by atoms with Crippen molar-refractivity contribution >= 4 is 23.3 Å². The van der Waals surface area contributed by atoms with Gasteiger partial charge in [0.2, 0.25) is 5.91 Å². The second-order valence-electron chi connectivity index (χ2n) is 5.61. The van der Waals surface area contributed by atoms with Gasteiger partial charge in [-0.25, -0.2) is 0 Å². The van der Waals surface area contributed by atoms with E-state index in [1.54, 1.807) is 11.9 Å². The number of hydrogen-bond acceptors (Lipinski definition) is 6. The third kappa shape index (κ3) is 1.80. The summed E-state index contributed by atoms with van der Waals surface area (Å²) in [4.78, 5) is 36.6. The summed E-state index contributed by atoms with van der Waals surface area (Å²) in [6.07, 6.45) is 0.246. The predicted octanol–water partition coefficient (Wildman–Crippen LogP) is 0.867. The first-order valence-corrected chi connectivity index (χ1v) is 6.79. The van der Waals surface area contributed by atoms with E-state index in [9.17, 15) is 19.7 Å². The number of non-ortho nitro benzene ring substituents is 1. The monoisotopic (exact) mass is 305 g/mol. The number of benzene rings is 1. The molecule has 1 amide bonds. The summed E-state index contributed by atoms with van der Waals surface area (Å²) in [7, 11) is 3.04. The molecular formula is C14H15N3O5. The summed E-state index contributed by atoms with van der Waals surface area (Å²) in [5.74, 6) is -1.08. The van der Waals surface area contributed by atoms with Crippen LogP contribution in [0.2, 0.25) is 0 Å². The second-order valence-corrected chi connectivity index (χ2v) is 5.61. The molecule has 0 aliphatic carbocycles. The van der Waals surface area contributed by atoms with Crippen molar-refractivity contribution in [3.8, 4) is 0 Å². The van der Waals surface area contributed by atoms with Crippen LogP contribution in [-0.4, -0.2) is 42.4 Å². The molecule has 1 spiro atoms. The fourth-order valence-corrected chi connectivity index (χ4v) is 3.41. The molecule has 1 N–H and O–H groups in total. The number of anilines is 1. The van der Waals surface area contributed by atoms with E-state index in [0.717, 1.165) is 0 Å². The number of esters is 1. The first kappa shape index (κ1) is 14.5. The Labute approximate surface area is 126 Å². The summed E-state index contributed by atoms with van der Waals surface area (Å²) < 4.78 is 4.76. The molecule has 2 aliphatic rings. The summed E-state index contributed by atoms with van der Waals surface area (Å²) in [5, 5.41) is 13.7. The predicted molar refractivity (Wildman–Crippen MR) is 76.2 cm³/mol. The molecule has 0 bridgehead atoms. The minimum atomic E-state index is -1.06. The van der Waals surface area contributed by atoms with Crippen LogP contribution >= 0.6 is 0 Å². The van der Waals surface area contributed by atoms with E-state index < -0.39 is 16.4 Å². The molecule has 2 atom stereocenters. The number of carbonyl (C=O) groups excluding carboxylic acids is 2. The maximum Gasteiger partial charge on any atom is 0.310 e. The van der Waals surface area contributed by atoms with Crippen LogP contribution in [-0.2, 0) is 19.9 Å². The number of rotatable bonds is 2. The molecule has 0 saturated carbocycles. The molecule has 1 fully saturated rings. The lowest BCUT2D eigenvalue weighted by atomic mass is 9.86. The van der Waals surface area contributed by atoms with E-state index in [0.29, 0.717) is 17.8 Å². The number of hydrogen-bond donors (Lipinski definition) is 1. The number of nitro groups is 1. The molecule has 1 saturated heterocycles. The second kappa shape index (κ2) is 4.77. The van der Waals surface area contributed by atoms with Gasteiger partial charge in [0, 0.05) is 29.9 Å². The van der Waals surface area contributed by atoms with Gasteiger partial charge in [-0.2, -0.15) is 0 Å². The lowest BCUT2D eigenvalue weighted by Gasteiger charge is -2.29. The van der Waals surface area contributed by atoms with Gasteiger partial charge in [0.1, 0.15) is 5.54 Å². The average Bonchev–Trinajstić information content (AvgIpc) is 2.98. The largest absolute Gasteiger partial charge is 0.469 e. The number of nitrogens with zero attached hydrogens (tertiary/aromatic N) is 2. The normalized spacial score (nSPS) is 26.8. The van der Waals surface area contributed by atoms with Crippen LogP contribution in [0.4, 0.5) is 11.4 Å². The highest BCUT2D eigenvalue weighted by Crippen LogP contribution is 2.49. The Hall–Kier alpha value is -2.48. The van der Waals surface area contributed by atoms with E-state index in [4.69, 9.17) is 4.74 Å². The summed E-state index contributed by atoms with van der Waals surface area (Å²) in [5.41, 5.74) is -0.0432. The van der Waals surface area contributed by atoms with Gasteiger partial charge in [0.05, 0.1) is 18.0 Å². The number of carbonyl (C=O) groups is 2. The standard InChI is InChI=1S/C14H15N3O5/c1-16-7-8(12(18)22-2)6-14(16)10-5-9(17(20)21)3-4-11(10)15-13(14)19/h3-5,8H,6-7H2,1-2H3,(H,15,19)/t8-,14+/m0/s1. The molecule has 3 rings (SSSR count). The highest BCUT2D eigenvalue weighted by Gasteiger charge is 2.57. The highest BCUT2D eigenvalue weighted by molar-refractivity contribution is 6.06. The Kier molecular flexibility index (Phi) is 3.13. The minimum absolute atomic E-state index is 0.0791. The van der Waals surface area contributed by atoms with Crippen molar-refractivity contribution in [2.45, 2.75) is 12.0 Å². The van der Waals surface area contributed by atoms with Gasteiger partial charge in [0.25, 0.3) is 5.69 Å².